The fourth-order valence-corrected chi connectivity index (χ4v) is 4.09. The topological polar surface area (TPSA) is 46.6 Å². The van der Waals surface area contributed by atoms with Crippen molar-refractivity contribution in [1.29, 1.82) is 0 Å². The van der Waals surface area contributed by atoms with Gasteiger partial charge in [0, 0.05) is 10.5 Å². The van der Waals surface area contributed by atoms with Crippen LogP contribution in [-0.4, -0.2) is 34.5 Å². The van der Waals surface area contributed by atoms with E-state index in [0.29, 0.717) is 0 Å². The zero-order chi connectivity index (χ0) is 9.87. The lowest BCUT2D eigenvalue weighted by Gasteiger charge is -2.12. The van der Waals surface area contributed by atoms with Crippen molar-refractivity contribution in [2.75, 3.05) is 7.11 Å². The Morgan fingerprint density at radius 2 is 1.71 bits per heavy atom. The average Bonchev–Trinajstić information content (AvgIpc) is 2.80. The van der Waals surface area contributed by atoms with Gasteiger partial charge in [-0.15, -0.1) is 11.8 Å². The molecule has 4 nitrogen and oxygen atoms in total. The van der Waals surface area contributed by atoms with Crippen molar-refractivity contribution >= 4 is 23.6 Å². The second-order valence-electron chi connectivity index (χ2n) is 3.66. The molecule has 2 bridgehead atoms. The van der Waals surface area contributed by atoms with E-state index in [1.54, 1.807) is 11.8 Å². The summed E-state index contributed by atoms with van der Waals surface area (Å²) in [6, 6.07) is 0. The summed E-state index contributed by atoms with van der Waals surface area (Å²) in [5.74, 6) is -0.705. The Bertz CT molecular complexity index is 324. The van der Waals surface area contributed by atoms with Gasteiger partial charge in [-0.2, -0.15) is 5.06 Å². The SMILES string of the molecule is CON1C(=O)[C@@H]2[C@H](C1=O)[C@H]1C=C[C@@H]2S1. The lowest BCUT2D eigenvalue weighted by molar-refractivity contribution is -0.181. The van der Waals surface area contributed by atoms with E-state index in [4.69, 9.17) is 4.84 Å². The summed E-state index contributed by atoms with van der Waals surface area (Å²) in [7, 11) is 1.36. The molecule has 2 amide bonds. The summed E-state index contributed by atoms with van der Waals surface area (Å²) in [6.07, 6.45) is 4.06. The van der Waals surface area contributed by atoms with Gasteiger partial charge in [-0.3, -0.25) is 14.4 Å². The summed E-state index contributed by atoms with van der Waals surface area (Å²) >= 11 is 1.71. The van der Waals surface area contributed by atoms with E-state index in [0.717, 1.165) is 5.06 Å². The Kier molecular flexibility index (Phi) is 1.58. The van der Waals surface area contributed by atoms with E-state index in [-0.39, 0.29) is 34.2 Å². The second-order valence-corrected chi connectivity index (χ2v) is 5.02. The van der Waals surface area contributed by atoms with E-state index in [2.05, 4.69) is 0 Å². The third-order valence-corrected chi connectivity index (χ3v) is 4.58. The second kappa shape index (κ2) is 2.61. The van der Waals surface area contributed by atoms with Gasteiger partial charge in [-0.1, -0.05) is 12.2 Å². The van der Waals surface area contributed by atoms with Gasteiger partial charge in [0.15, 0.2) is 0 Å². The normalized spacial score (nSPS) is 43.9. The highest BCUT2D eigenvalue weighted by Crippen LogP contribution is 2.52. The molecule has 4 atom stereocenters. The first kappa shape index (κ1) is 8.49. The average molecular weight is 211 g/mol. The first-order valence-corrected chi connectivity index (χ1v) is 5.44. The molecule has 0 N–H and O–H groups in total. The number of nitrogens with zero attached hydrogens (tertiary/aromatic N) is 1. The molecule has 3 heterocycles. The predicted octanol–water partition coefficient (Wildman–Crippen LogP) is 0.203. The summed E-state index contributed by atoms with van der Waals surface area (Å²) in [6.45, 7) is 0. The van der Waals surface area contributed by atoms with Gasteiger partial charge in [-0.05, 0) is 0 Å². The van der Waals surface area contributed by atoms with Crippen LogP contribution in [0.15, 0.2) is 12.2 Å². The molecule has 14 heavy (non-hydrogen) atoms. The number of carbonyl (C=O) groups excluding carboxylic acids is 2. The van der Waals surface area contributed by atoms with E-state index in [1.807, 2.05) is 12.2 Å². The lowest BCUT2D eigenvalue weighted by atomic mass is 9.85. The maximum Gasteiger partial charge on any atom is 0.258 e. The maximum atomic E-state index is 11.8. The first-order valence-electron chi connectivity index (χ1n) is 4.50. The Balaban J connectivity index is 2.02. The van der Waals surface area contributed by atoms with E-state index >= 15 is 0 Å². The molecule has 0 aliphatic carbocycles. The van der Waals surface area contributed by atoms with Gasteiger partial charge in [-0.25, -0.2) is 0 Å². The number of hydrogen-bond acceptors (Lipinski definition) is 4. The standard InChI is InChI=1S/C9H9NO3S/c1-13-10-8(11)6-4-2-3-5(14-4)7(6)9(10)12/h2-7H,1H3/t4-,5+,6-,7+. The van der Waals surface area contributed by atoms with Crippen LogP contribution in [-0.2, 0) is 14.4 Å². The fraction of sp³-hybridized carbons (Fsp3) is 0.556. The molecule has 0 aromatic rings. The van der Waals surface area contributed by atoms with Gasteiger partial charge < -0.3 is 0 Å². The van der Waals surface area contributed by atoms with Crippen molar-refractivity contribution in [3.05, 3.63) is 12.2 Å². The minimum absolute atomic E-state index is 0.174. The van der Waals surface area contributed by atoms with Crippen LogP contribution in [0.5, 0.6) is 0 Å². The van der Waals surface area contributed by atoms with E-state index < -0.39 is 0 Å². The van der Waals surface area contributed by atoms with Crippen LogP contribution < -0.4 is 0 Å². The molecule has 3 rings (SSSR count). The van der Waals surface area contributed by atoms with Crippen molar-refractivity contribution in [3.63, 3.8) is 0 Å². The molecular formula is C9H9NO3S. The smallest absolute Gasteiger partial charge is 0.258 e. The van der Waals surface area contributed by atoms with Crippen LogP contribution >= 0.6 is 11.8 Å². The molecule has 2 saturated heterocycles. The molecule has 74 valence electrons. The van der Waals surface area contributed by atoms with Gasteiger partial charge >= 0.3 is 0 Å². The molecule has 0 saturated carbocycles. The van der Waals surface area contributed by atoms with Crippen LogP contribution in [0.2, 0.25) is 0 Å². The van der Waals surface area contributed by atoms with Crippen LogP contribution in [0.25, 0.3) is 0 Å². The summed E-state index contributed by atoms with van der Waals surface area (Å²) in [4.78, 5) is 28.3. The minimum Gasteiger partial charge on any atom is -0.272 e. The molecule has 2 fully saturated rings. The zero-order valence-corrected chi connectivity index (χ0v) is 8.36. The predicted molar refractivity (Wildman–Crippen MR) is 50.1 cm³/mol. The van der Waals surface area contributed by atoms with Gasteiger partial charge in [0.25, 0.3) is 11.8 Å². The third kappa shape index (κ3) is 0.797. The number of hydrogen-bond donors (Lipinski definition) is 0. The Hall–Kier alpha value is -0.810. The monoisotopic (exact) mass is 211 g/mol. The molecule has 5 heteroatoms. The lowest BCUT2D eigenvalue weighted by Crippen LogP contribution is -2.32. The summed E-state index contributed by atoms with van der Waals surface area (Å²) < 4.78 is 0. The van der Waals surface area contributed by atoms with Gasteiger partial charge in [0.2, 0.25) is 0 Å². The largest absolute Gasteiger partial charge is 0.272 e. The van der Waals surface area contributed by atoms with E-state index in [1.165, 1.54) is 7.11 Å². The molecular weight excluding hydrogens is 202 g/mol. The number of imide groups is 1. The van der Waals surface area contributed by atoms with Gasteiger partial charge in [0.05, 0.1) is 18.9 Å². The molecule has 0 aromatic heterocycles. The number of thioether (sulfide) groups is 1. The summed E-state index contributed by atoms with van der Waals surface area (Å²) in [5.41, 5.74) is 0. The highest BCUT2D eigenvalue weighted by Gasteiger charge is 2.60. The van der Waals surface area contributed by atoms with Crippen molar-refractivity contribution in [3.8, 4) is 0 Å². The Morgan fingerprint density at radius 3 is 2.14 bits per heavy atom. The van der Waals surface area contributed by atoms with Crippen LogP contribution in [0.1, 0.15) is 0 Å². The van der Waals surface area contributed by atoms with Crippen LogP contribution in [0, 0.1) is 11.8 Å². The fourth-order valence-electron chi connectivity index (χ4n) is 2.46. The van der Waals surface area contributed by atoms with E-state index in [9.17, 15) is 9.59 Å². The molecule has 3 aliphatic heterocycles. The number of fused-ring (bicyclic) bond motifs is 5. The highest BCUT2D eigenvalue weighted by molar-refractivity contribution is 8.01. The number of rotatable bonds is 1. The van der Waals surface area contributed by atoms with Crippen molar-refractivity contribution < 1.29 is 14.4 Å². The molecule has 0 spiro atoms. The molecule has 3 aliphatic rings. The number of amides is 2. The van der Waals surface area contributed by atoms with Crippen molar-refractivity contribution in [2.24, 2.45) is 11.8 Å². The van der Waals surface area contributed by atoms with Crippen molar-refractivity contribution in [1.82, 2.24) is 5.06 Å². The zero-order valence-electron chi connectivity index (χ0n) is 7.54. The first-order chi connectivity index (χ1) is 6.74. The Labute approximate surface area is 85.2 Å². The van der Waals surface area contributed by atoms with Crippen LogP contribution in [0.4, 0.5) is 0 Å². The Morgan fingerprint density at radius 1 is 1.21 bits per heavy atom. The number of hydroxylamine groups is 2. The molecule has 0 aromatic carbocycles. The van der Waals surface area contributed by atoms with Crippen LogP contribution in [0.3, 0.4) is 0 Å². The molecule has 0 radical (unpaired) electrons. The van der Waals surface area contributed by atoms with Gasteiger partial charge in [0.1, 0.15) is 0 Å². The number of carbonyl (C=O) groups is 2. The quantitative estimate of drug-likeness (QED) is 0.459. The summed E-state index contributed by atoms with van der Waals surface area (Å²) in [5, 5.41) is 1.28. The molecule has 0 unspecified atom stereocenters. The minimum atomic E-state index is -0.178. The third-order valence-electron chi connectivity index (χ3n) is 3.05. The van der Waals surface area contributed by atoms with Crippen molar-refractivity contribution in [2.45, 2.75) is 10.5 Å². The highest BCUT2D eigenvalue weighted by atomic mass is 32.2. The maximum absolute atomic E-state index is 11.8.